The van der Waals surface area contributed by atoms with Crippen LogP contribution in [-0.4, -0.2) is 42.4 Å². The van der Waals surface area contributed by atoms with E-state index in [4.69, 9.17) is 0 Å². The van der Waals surface area contributed by atoms with Crippen molar-refractivity contribution in [2.24, 2.45) is 0 Å². The van der Waals surface area contributed by atoms with E-state index in [2.05, 4.69) is 32.6 Å². The Morgan fingerprint density at radius 3 is 2.08 bits per heavy atom. The van der Waals surface area contributed by atoms with Gasteiger partial charge in [0.05, 0.1) is 11.1 Å². The summed E-state index contributed by atoms with van der Waals surface area (Å²) < 4.78 is 106. The van der Waals surface area contributed by atoms with E-state index < -0.39 is 45.1 Å². The van der Waals surface area contributed by atoms with E-state index in [1.54, 1.807) is 6.07 Å². The number of nitrogens with one attached hydrogen (secondary N) is 1. The zero-order valence-corrected chi connectivity index (χ0v) is 24.9. The number of esters is 1. The van der Waals surface area contributed by atoms with E-state index in [1.807, 2.05) is 51.2 Å². The number of amides is 1. The van der Waals surface area contributed by atoms with Gasteiger partial charge in [-0.25, -0.2) is 13.2 Å². The molecular weight excluding hydrogens is 870 g/mol. The molecule has 0 spiro atoms. The third-order valence-corrected chi connectivity index (χ3v) is 9.34. The average molecular weight is 880 g/mol. The largest absolute Gasteiger partial charge is 0.743 e. The molecule has 0 heterocycles. The molecule has 3 aromatic rings. The minimum absolute atomic E-state index is 0.0913. The minimum Gasteiger partial charge on any atom is -0.743 e. The van der Waals surface area contributed by atoms with Crippen molar-refractivity contribution < 1.29 is 49.2 Å². The molecule has 0 saturated heterocycles. The fourth-order valence-electron chi connectivity index (χ4n) is 3.12. The van der Waals surface area contributed by atoms with E-state index >= 15 is 0 Å². The van der Waals surface area contributed by atoms with Crippen LogP contribution in [-0.2, 0) is 14.9 Å². The Morgan fingerprint density at radius 1 is 0.919 bits per heavy atom. The monoisotopic (exact) mass is 880 g/mol. The number of rotatable bonds is 6. The number of fused-ring (bicyclic) bond motifs is 1. The maximum absolute atomic E-state index is 13.8. The number of benzene rings is 3. The Kier molecular flexibility index (Phi) is 8.97. The topological polar surface area (TPSA) is 113 Å². The van der Waals surface area contributed by atoms with Crippen LogP contribution in [0.25, 0.3) is 10.8 Å². The molecule has 1 atom stereocenters. The third-order valence-electron chi connectivity index (χ3n) is 4.79. The first-order valence-corrected chi connectivity index (χ1v) is 14.2. The molecule has 0 aromatic heterocycles. The van der Waals surface area contributed by atoms with E-state index in [-0.39, 0.29) is 16.5 Å². The van der Waals surface area contributed by atoms with Gasteiger partial charge in [-0.1, -0.05) is 24.3 Å². The predicted molar refractivity (Wildman–Crippen MR) is 146 cm³/mol. The second kappa shape index (κ2) is 11.0. The fraction of sp³-hybridized carbons (Fsp3) is 0.143. The molecule has 0 saturated carbocycles. The summed E-state index contributed by atoms with van der Waals surface area (Å²) in [4.78, 5) is 25.5. The van der Waals surface area contributed by atoms with Crippen molar-refractivity contribution in [3.8, 4) is 0 Å². The number of hydrogen-bond donors (Lipinski definition) is 1. The number of halogens is 8. The van der Waals surface area contributed by atoms with Crippen LogP contribution in [0.1, 0.15) is 20.7 Å². The molecule has 0 aliphatic rings. The lowest BCUT2D eigenvalue weighted by Gasteiger charge is -2.29. The number of hydrogen-bond acceptors (Lipinski definition) is 6. The molecule has 0 radical (unpaired) electrons. The summed E-state index contributed by atoms with van der Waals surface area (Å²) >= 11 is 6.08. The summed E-state index contributed by atoms with van der Waals surface area (Å²) in [7, 11) is -6.84. The van der Waals surface area contributed by atoms with Gasteiger partial charge in [0.15, 0.2) is 10.1 Å². The second-order valence-electron chi connectivity index (χ2n) is 7.25. The Hall–Kier alpha value is -1.39. The zero-order valence-electron chi connectivity index (χ0n) is 17.6. The molecule has 1 amide bonds. The summed E-state index contributed by atoms with van der Waals surface area (Å²) in [5.74, 6) is -2.49. The number of anilines is 1. The van der Waals surface area contributed by atoms with Crippen molar-refractivity contribution in [3.63, 3.8) is 0 Å². The van der Waals surface area contributed by atoms with E-state index in [0.29, 0.717) is 9.13 Å². The van der Waals surface area contributed by atoms with Crippen LogP contribution in [0.3, 0.4) is 0 Å². The quantitative estimate of drug-likeness (QED) is 0.105. The highest BCUT2D eigenvalue weighted by atomic mass is 127. The van der Waals surface area contributed by atoms with Gasteiger partial charge in [0.25, 0.3) is 12.0 Å². The van der Waals surface area contributed by atoms with Crippen LogP contribution in [0.5, 0.6) is 0 Å². The van der Waals surface area contributed by atoms with Crippen molar-refractivity contribution in [1.82, 2.24) is 0 Å². The van der Waals surface area contributed by atoms with E-state index in [1.165, 1.54) is 24.3 Å². The smallest absolute Gasteiger partial charge is 0.432 e. The molecule has 0 aliphatic carbocycles. The summed E-state index contributed by atoms with van der Waals surface area (Å²) in [5.41, 5.74) is -0.166. The minimum atomic E-state index is -6.84. The predicted octanol–water partition coefficient (Wildman–Crippen LogP) is 6.13. The lowest BCUT2D eigenvalue weighted by Crippen LogP contribution is -2.52. The van der Waals surface area contributed by atoms with Gasteiger partial charge in [0.1, 0.15) is 0 Å². The second-order valence-corrected chi connectivity index (χ2v) is 12.2. The number of carbonyl (C=O) groups excluding carboxylic acids is 2. The van der Waals surface area contributed by atoms with Crippen LogP contribution in [0.15, 0.2) is 48.5 Å². The van der Waals surface area contributed by atoms with Crippen molar-refractivity contribution in [2.75, 3.05) is 5.32 Å². The standard InChI is InChI=1S/C21H11F5I3NO6S/c22-20(23,24)19(21(25,26)37(33,34)35)36-18(32)12-5-6-15(11-4-2-1-3-10(11)12)30-17(31)13-7-9(27)8-14(28)16(13)29/h1-8,19H,(H,30,31)(H,33,34,35)/p-1. The molecule has 7 nitrogen and oxygen atoms in total. The van der Waals surface area contributed by atoms with Gasteiger partial charge in [-0.2, -0.15) is 22.0 Å². The highest BCUT2D eigenvalue weighted by Crippen LogP contribution is 2.39. The molecule has 1 N–H and O–H groups in total. The zero-order chi connectivity index (χ0) is 27.9. The number of alkyl halides is 5. The van der Waals surface area contributed by atoms with Crippen LogP contribution in [0.4, 0.5) is 27.6 Å². The third kappa shape index (κ3) is 6.44. The van der Waals surface area contributed by atoms with Crippen LogP contribution < -0.4 is 5.32 Å². The summed E-state index contributed by atoms with van der Waals surface area (Å²) in [5, 5.41) is -3.28. The first-order chi connectivity index (χ1) is 16.9. The van der Waals surface area contributed by atoms with Crippen LogP contribution in [0.2, 0.25) is 0 Å². The molecule has 0 bridgehead atoms. The normalized spacial score (nSPS) is 13.3. The van der Waals surface area contributed by atoms with Crippen molar-refractivity contribution in [2.45, 2.75) is 17.5 Å². The molecule has 3 rings (SSSR count). The van der Waals surface area contributed by atoms with Gasteiger partial charge in [-0.05, 0) is 97.4 Å². The number of ether oxygens (including phenoxy) is 1. The van der Waals surface area contributed by atoms with Crippen molar-refractivity contribution in [3.05, 3.63) is 70.4 Å². The Balaban J connectivity index is 2.02. The van der Waals surface area contributed by atoms with Gasteiger partial charge in [0, 0.05) is 21.8 Å². The molecule has 198 valence electrons. The van der Waals surface area contributed by atoms with Gasteiger partial charge in [-0.15, -0.1) is 0 Å². The highest BCUT2D eigenvalue weighted by Gasteiger charge is 2.63. The molecule has 0 fully saturated rings. The SMILES string of the molecule is O=C(Nc1ccc(C(=O)OC(C(F)(F)F)C(F)(F)S(=O)(=O)[O-])c2ccccc12)c1cc(I)cc(I)c1I. The highest BCUT2D eigenvalue weighted by molar-refractivity contribution is 14.1. The van der Waals surface area contributed by atoms with Crippen molar-refractivity contribution in [1.29, 1.82) is 0 Å². The maximum Gasteiger partial charge on any atom is 0.432 e. The molecule has 37 heavy (non-hydrogen) atoms. The maximum atomic E-state index is 13.8. The van der Waals surface area contributed by atoms with E-state index in [0.717, 1.165) is 19.3 Å². The van der Waals surface area contributed by atoms with Gasteiger partial charge >= 0.3 is 17.4 Å². The van der Waals surface area contributed by atoms with Gasteiger partial charge in [-0.3, -0.25) is 4.79 Å². The molecule has 16 heteroatoms. The Bertz CT molecular complexity index is 1510. The average Bonchev–Trinajstić information content (AvgIpc) is 2.78. The Labute approximate surface area is 246 Å². The van der Waals surface area contributed by atoms with Crippen molar-refractivity contribution >= 4 is 106 Å². The summed E-state index contributed by atoms with van der Waals surface area (Å²) in [6, 6.07) is 11.1. The molecular formula is C21H10F5I3NO6S-. The lowest BCUT2D eigenvalue weighted by molar-refractivity contribution is -0.248. The molecule has 1 unspecified atom stereocenters. The van der Waals surface area contributed by atoms with Gasteiger partial charge < -0.3 is 14.6 Å². The summed E-state index contributed by atoms with van der Waals surface area (Å²) in [6.07, 6.45) is -10.6. The lowest BCUT2D eigenvalue weighted by atomic mass is 10.0. The number of carbonyl (C=O) groups is 2. The van der Waals surface area contributed by atoms with E-state index in [9.17, 15) is 44.5 Å². The first-order valence-electron chi connectivity index (χ1n) is 9.53. The first kappa shape index (κ1) is 30.2. The fourth-order valence-corrected chi connectivity index (χ4v) is 5.97. The Morgan fingerprint density at radius 2 is 1.51 bits per heavy atom. The van der Waals surface area contributed by atoms with Crippen LogP contribution >= 0.6 is 67.8 Å². The van der Waals surface area contributed by atoms with Crippen LogP contribution in [0, 0.1) is 10.7 Å². The molecule has 3 aromatic carbocycles. The molecule has 0 aliphatic heterocycles. The van der Waals surface area contributed by atoms with Gasteiger partial charge in [0.2, 0.25) is 0 Å². The summed E-state index contributed by atoms with van der Waals surface area (Å²) in [6.45, 7) is 0.